The van der Waals surface area contributed by atoms with Gasteiger partial charge in [-0.25, -0.2) is 0 Å². The molecule has 0 fully saturated rings. The highest BCUT2D eigenvalue weighted by Crippen LogP contribution is 1.94. The number of hydrogen-bond donors (Lipinski definition) is 1. The van der Waals surface area contributed by atoms with Crippen molar-refractivity contribution in [3.63, 3.8) is 0 Å². The third-order valence-electron chi connectivity index (χ3n) is 1.15. The van der Waals surface area contributed by atoms with Gasteiger partial charge in [0, 0.05) is 12.7 Å². The molecular formula is C9H15N. The zero-order valence-corrected chi connectivity index (χ0v) is 6.94. The summed E-state index contributed by atoms with van der Waals surface area (Å²) >= 11 is 0. The van der Waals surface area contributed by atoms with Gasteiger partial charge in [0.1, 0.15) is 0 Å². The van der Waals surface area contributed by atoms with Crippen LogP contribution in [0.3, 0.4) is 0 Å². The van der Waals surface area contributed by atoms with Gasteiger partial charge in [-0.15, -0.1) is 0 Å². The van der Waals surface area contributed by atoms with E-state index in [1.807, 2.05) is 39.1 Å². The van der Waals surface area contributed by atoms with Crippen molar-refractivity contribution in [1.82, 2.24) is 5.32 Å². The van der Waals surface area contributed by atoms with Gasteiger partial charge in [0.25, 0.3) is 0 Å². The van der Waals surface area contributed by atoms with Crippen LogP contribution in [0.25, 0.3) is 0 Å². The topological polar surface area (TPSA) is 12.0 Å². The fourth-order valence-electron chi connectivity index (χ4n) is 0.556. The Kier molecular flexibility index (Phi) is 4.38. The average molecular weight is 137 g/mol. The van der Waals surface area contributed by atoms with Gasteiger partial charge in [0.05, 0.1) is 0 Å². The van der Waals surface area contributed by atoms with Gasteiger partial charge < -0.3 is 5.32 Å². The molecule has 1 nitrogen and oxygen atoms in total. The van der Waals surface area contributed by atoms with Gasteiger partial charge >= 0.3 is 0 Å². The Balaban J connectivity index is 3.98. The maximum Gasteiger partial charge on any atom is 0.0294 e. The molecule has 0 bridgehead atoms. The van der Waals surface area contributed by atoms with E-state index >= 15 is 0 Å². The summed E-state index contributed by atoms with van der Waals surface area (Å²) in [5.41, 5.74) is 2.18. The zero-order valence-electron chi connectivity index (χ0n) is 6.94. The Bertz CT molecular complexity index is 164. The summed E-state index contributed by atoms with van der Waals surface area (Å²) in [7, 11) is 1.90. The minimum Gasteiger partial charge on any atom is -0.388 e. The van der Waals surface area contributed by atoms with E-state index in [0.717, 1.165) is 11.3 Å². The van der Waals surface area contributed by atoms with E-state index in [2.05, 4.69) is 11.9 Å². The molecule has 0 unspecified atom stereocenters. The summed E-state index contributed by atoms with van der Waals surface area (Å²) in [6.45, 7) is 7.72. The molecule has 0 aromatic rings. The molecule has 0 rings (SSSR count). The fourth-order valence-corrected chi connectivity index (χ4v) is 0.556. The maximum atomic E-state index is 3.75. The van der Waals surface area contributed by atoms with Gasteiger partial charge in [0.2, 0.25) is 0 Å². The van der Waals surface area contributed by atoms with Crippen LogP contribution >= 0.6 is 0 Å². The number of likely N-dealkylation sites (N-methyl/N-ethyl adjacent to an activating group) is 1. The Hall–Kier alpha value is -0.980. The zero-order chi connectivity index (χ0) is 7.98. The van der Waals surface area contributed by atoms with Crippen molar-refractivity contribution in [2.45, 2.75) is 13.8 Å². The highest BCUT2D eigenvalue weighted by Gasteiger charge is 1.80. The number of rotatable bonds is 3. The van der Waals surface area contributed by atoms with Crippen LogP contribution in [-0.4, -0.2) is 7.05 Å². The van der Waals surface area contributed by atoms with Crippen LogP contribution < -0.4 is 5.32 Å². The lowest BCUT2D eigenvalue weighted by molar-refractivity contribution is 1.03. The first-order valence-electron chi connectivity index (χ1n) is 3.38. The lowest BCUT2D eigenvalue weighted by Gasteiger charge is -1.96. The molecule has 0 radical (unpaired) electrons. The minimum absolute atomic E-state index is 1.06. The quantitative estimate of drug-likeness (QED) is 0.588. The summed E-state index contributed by atoms with van der Waals surface area (Å²) < 4.78 is 0. The molecule has 0 spiro atoms. The van der Waals surface area contributed by atoms with Crippen molar-refractivity contribution in [2.75, 3.05) is 7.05 Å². The largest absolute Gasteiger partial charge is 0.388 e. The van der Waals surface area contributed by atoms with Gasteiger partial charge in [-0.2, -0.15) is 0 Å². The Morgan fingerprint density at radius 3 is 2.30 bits per heavy atom. The first-order chi connectivity index (χ1) is 4.70. The molecule has 0 aliphatic heterocycles. The van der Waals surface area contributed by atoms with E-state index in [0.29, 0.717) is 0 Å². The van der Waals surface area contributed by atoms with Gasteiger partial charge in [-0.1, -0.05) is 24.3 Å². The van der Waals surface area contributed by atoms with Crippen LogP contribution in [0.5, 0.6) is 0 Å². The van der Waals surface area contributed by atoms with Gasteiger partial charge in [0.15, 0.2) is 0 Å². The average Bonchev–Trinajstić information content (AvgIpc) is 1.90. The molecule has 0 heterocycles. The molecule has 0 aliphatic carbocycles. The molecule has 0 aromatic heterocycles. The van der Waals surface area contributed by atoms with Crippen molar-refractivity contribution in [2.24, 2.45) is 0 Å². The summed E-state index contributed by atoms with van der Waals surface area (Å²) in [4.78, 5) is 0. The van der Waals surface area contributed by atoms with E-state index in [-0.39, 0.29) is 0 Å². The molecule has 0 aromatic carbocycles. The first kappa shape index (κ1) is 9.02. The molecule has 0 saturated heterocycles. The molecule has 1 heteroatoms. The molecule has 10 heavy (non-hydrogen) atoms. The van der Waals surface area contributed by atoms with E-state index in [9.17, 15) is 0 Å². The Morgan fingerprint density at radius 2 is 2.00 bits per heavy atom. The lowest BCUT2D eigenvalue weighted by Crippen LogP contribution is -2.01. The van der Waals surface area contributed by atoms with Crippen LogP contribution in [0.4, 0.5) is 0 Å². The second-order valence-electron chi connectivity index (χ2n) is 2.17. The summed E-state index contributed by atoms with van der Waals surface area (Å²) in [6, 6.07) is 0. The number of hydrogen-bond acceptors (Lipinski definition) is 1. The predicted octanol–water partition coefficient (Wildman–Crippen LogP) is 2.24. The van der Waals surface area contributed by atoms with Crippen molar-refractivity contribution in [1.29, 1.82) is 0 Å². The fraction of sp³-hybridized carbons (Fsp3) is 0.333. The van der Waals surface area contributed by atoms with Crippen molar-refractivity contribution < 1.29 is 0 Å². The Morgan fingerprint density at radius 1 is 1.40 bits per heavy atom. The minimum atomic E-state index is 1.06. The SMILES string of the molecule is C=C(C)/C=C\C(=C/C)NC. The molecule has 0 aliphatic rings. The van der Waals surface area contributed by atoms with Crippen LogP contribution in [0, 0.1) is 0 Å². The monoisotopic (exact) mass is 137 g/mol. The Labute approximate surface area is 63.1 Å². The van der Waals surface area contributed by atoms with Crippen LogP contribution in [0.1, 0.15) is 13.8 Å². The third-order valence-corrected chi connectivity index (χ3v) is 1.15. The normalized spacial score (nSPS) is 12.1. The van der Waals surface area contributed by atoms with Crippen molar-refractivity contribution in [3.8, 4) is 0 Å². The lowest BCUT2D eigenvalue weighted by atomic mass is 10.3. The molecule has 56 valence electrons. The van der Waals surface area contributed by atoms with Crippen LogP contribution in [0.15, 0.2) is 36.1 Å². The van der Waals surface area contributed by atoms with E-state index in [1.54, 1.807) is 0 Å². The predicted molar refractivity (Wildman–Crippen MR) is 46.8 cm³/mol. The summed E-state index contributed by atoms with van der Waals surface area (Å²) in [5.74, 6) is 0. The second-order valence-corrected chi connectivity index (χ2v) is 2.17. The van der Waals surface area contributed by atoms with Crippen molar-refractivity contribution in [3.05, 3.63) is 36.1 Å². The van der Waals surface area contributed by atoms with Gasteiger partial charge in [-0.3, -0.25) is 0 Å². The van der Waals surface area contributed by atoms with Crippen LogP contribution in [-0.2, 0) is 0 Å². The standard InChI is InChI=1S/C9H15N/c1-5-9(10-4)7-6-8(2)3/h5-7,10H,2H2,1,3-4H3/b7-6-,9-5+. The van der Waals surface area contributed by atoms with E-state index in [1.165, 1.54) is 0 Å². The number of allylic oxidation sites excluding steroid dienone is 4. The van der Waals surface area contributed by atoms with E-state index in [4.69, 9.17) is 0 Å². The van der Waals surface area contributed by atoms with Crippen molar-refractivity contribution >= 4 is 0 Å². The molecule has 0 amide bonds. The second kappa shape index (κ2) is 4.86. The summed E-state index contributed by atoms with van der Waals surface area (Å²) in [5, 5.41) is 3.04. The van der Waals surface area contributed by atoms with Crippen LogP contribution in [0.2, 0.25) is 0 Å². The summed E-state index contributed by atoms with van der Waals surface area (Å²) in [6.07, 6.45) is 5.99. The van der Waals surface area contributed by atoms with E-state index < -0.39 is 0 Å². The molecule has 0 atom stereocenters. The number of nitrogens with one attached hydrogen (secondary N) is 1. The molecular weight excluding hydrogens is 122 g/mol. The third kappa shape index (κ3) is 3.96. The van der Waals surface area contributed by atoms with Gasteiger partial charge in [-0.05, 0) is 19.9 Å². The highest BCUT2D eigenvalue weighted by atomic mass is 14.8. The molecule has 1 N–H and O–H groups in total. The molecule has 0 saturated carbocycles. The smallest absolute Gasteiger partial charge is 0.0294 e. The maximum absolute atomic E-state index is 3.75. The highest BCUT2D eigenvalue weighted by molar-refractivity contribution is 5.23. The first-order valence-corrected chi connectivity index (χ1v) is 3.38.